The predicted octanol–water partition coefficient (Wildman–Crippen LogP) is 4.68. The molecular formula is C22H30N4O. The third-order valence-electron chi connectivity index (χ3n) is 6.81. The number of rotatable bonds is 3. The van der Waals surface area contributed by atoms with Crippen LogP contribution in [0.2, 0.25) is 0 Å². The fourth-order valence-corrected chi connectivity index (χ4v) is 5.21. The molecule has 3 heterocycles. The summed E-state index contributed by atoms with van der Waals surface area (Å²) in [6.07, 6.45) is 11.7. The molecule has 1 aliphatic heterocycles. The minimum absolute atomic E-state index is 0.212. The summed E-state index contributed by atoms with van der Waals surface area (Å²) >= 11 is 0. The van der Waals surface area contributed by atoms with Crippen LogP contribution in [0, 0.1) is 5.92 Å². The van der Waals surface area contributed by atoms with E-state index >= 15 is 0 Å². The van der Waals surface area contributed by atoms with E-state index in [1.165, 1.54) is 44.9 Å². The Labute approximate surface area is 161 Å². The maximum Gasteiger partial charge on any atom is 0.254 e. The largest absolute Gasteiger partial charge is 0.335 e. The van der Waals surface area contributed by atoms with Crippen molar-refractivity contribution >= 4 is 16.9 Å². The topological polar surface area (TPSA) is 51.0 Å². The fraction of sp³-hybridized carbons (Fsp3) is 0.682. The molecule has 0 radical (unpaired) electrons. The molecule has 1 saturated heterocycles. The fourth-order valence-electron chi connectivity index (χ4n) is 5.21. The number of aromatic nitrogens is 3. The van der Waals surface area contributed by atoms with Gasteiger partial charge in [0.2, 0.25) is 0 Å². The van der Waals surface area contributed by atoms with Crippen molar-refractivity contribution in [2.75, 3.05) is 6.54 Å². The highest BCUT2D eigenvalue weighted by Crippen LogP contribution is 2.41. The number of hydrogen-bond donors (Lipinski definition) is 0. The highest BCUT2D eigenvalue weighted by molar-refractivity contribution is 6.05. The molecule has 2 atom stereocenters. The lowest BCUT2D eigenvalue weighted by molar-refractivity contribution is 0.0392. The molecule has 0 spiro atoms. The van der Waals surface area contributed by atoms with Gasteiger partial charge in [-0.3, -0.25) is 4.79 Å². The summed E-state index contributed by atoms with van der Waals surface area (Å²) in [6, 6.07) is 2.76. The SMILES string of the molecule is CC(C)n1ncc2c(C(=O)N3CCC[C@@H]4CCCC[C@H]43)cc(C3CC3)nc21. The lowest BCUT2D eigenvalue weighted by Gasteiger charge is -2.44. The van der Waals surface area contributed by atoms with Crippen molar-refractivity contribution in [2.24, 2.45) is 5.92 Å². The van der Waals surface area contributed by atoms with Gasteiger partial charge in [0.05, 0.1) is 17.1 Å². The Morgan fingerprint density at radius 3 is 2.67 bits per heavy atom. The molecule has 3 fully saturated rings. The Morgan fingerprint density at radius 2 is 1.89 bits per heavy atom. The van der Waals surface area contributed by atoms with Crippen molar-refractivity contribution in [1.29, 1.82) is 0 Å². The van der Waals surface area contributed by atoms with E-state index in [1.807, 2.05) is 10.9 Å². The minimum atomic E-state index is 0.212. The Balaban J connectivity index is 1.57. The summed E-state index contributed by atoms with van der Waals surface area (Å²) in [7, 11) is 0. The standard InChI is InChI=1S/C22H30N4O/c1-14(2)26-21-18(13-23-26)17(12-19(24-21)15-9-10-15)22(27)25-11-5-7-16-6-3-4-8-20(16)25/h12-16,20H,3-11H2,1-2H3/t16-,20+/m0/s1. The first-order valence-corrected chi connectivity index (χ1v) is 10.8. The zero-order valence-corrected chi connectivity index (χ0v) is 16.5. The maximum absolute atomic E-state index is 13.7. The second kappa shape index (κ2) is 6.61. The van der Waals surface area contributed by atoms with Gasteiger partial charge in [-0.1, -0.05) is 12.8 Å². The predicted molar refractivity (Wildman–Crippen MR) is 106 cm³/mol. The summed E-state index contributed by atoms with van der Waals surface area (Å²) in [5, 5.41) is 5.50. The molecule has 2 saturated carbocycles. The Morgan fingerprint density at radius 1 is 1.11 bits per heavy atom. The maximum atomic E-state index is 13.7. The summed E-state index contributed by atoms with van der Waals surface area (Å²) in [5.74, 6) is 1.44. The average molecular weight is 367 g/mol. The molecule has 3 aliphatic rings. The molecular weight excluding hydrogens is 336 g/mol. The second-order valence-corrected chi connectivity index (χ2v) is 9.04. The van der Waals surface area contributed by atoms with Crippen molar-refractivity contribution in [3.05, 3.63) is 23.5 Å². The van der Waals surface area contributed by atoms with E-state index in [-0.39, 0.29) is 11.9 Å². The van der Waals surface area contributed by atoms with Crippen LogP contribution in [0.5, 0.6) is 0 Å². The summed E-state index contributed by atoms with van der Waals surface area (Å²) in [6.45, 7) is 5.15. The van der Waals surface area contributed by atoms with Crippen LogP contribution in [0.25, 0.3) is 11.0 Å². The highest BCUT2D eigenvalue weighted by atomic mass is 16.2. The van der Waals surface area contributed by atoms with Gasteiger partial charge >= 0.3 is 0 Å². The molecule has 27 heavy (non-hydrogen) atoms. The first kappa shape index (κ1) is 17.2. The third-order valence-corrected chi connectivity index (χ3v) is 6.81. The van der Waals surface area contributed by atoms with Crippen LogP contribution in [0.1, 0.15) is 93.2 Å². The van der Waals surface area contributed by atoms with Gasteiger partial charge in [-0.2, -0.15) is 5.10 Å². The number of amides is 1. The van der Waals surface area contributed by atoms with Gasteiger partial charge in [-0.05, 0) is 64.4 Å². The molecule has 5 rings (SSSR count). The first-order valence-electron chi connectivity index (χ1n) is 10.8. The molecule has 2 aromatic heterocycles. The summed E-state index contributed by atoms with van der Waals surface area (Å²) in [5.41, 5.74) is 2.81. The van der Waals surface area contributed by atoms with E-state index in [1.54, 1.807) is 0 Å². The van der Waals surface area contributed by atoms with Crippen LogP contribution in [0.3, 0.4) is 0 Å². The van der Waals surface area contributed by atoms with Gasteiger partial charge in [0, 0.05) is 30.2 Å². The molecule has 2 aromatic rings. The third kappa shape index (κ3) is 2.95. The van der Waals surface area contributed by atoms with Crippen LogP contribution in [-0.4, -0.2) is 38.2 Å². The van der Waals surface area contributed by atoms with E-state index in [9.17, 15) is 4.79 Å². The van der Waals surface area contributed by atoms with Gasteiger partial charge in [-0.25, -0.2) is 9.67 Å². The first-order chi connectivity index (χ1) is 13.1. The van der Waals surface area contributed by atoms with E-state index in [0.29, 0.717) is 17.9 Å². The molecule has 0 unspecified atom stereocenters. The number of likely N-dealkylation sites (tertiary alicyclic amines) is 1. The van der Waals surface area contributed by atoms with Crippen LogP contribution >= 0.6 is 0 Å². The molecule has 0 bridgehead atoms. The zero-order chi connectivity index (χ0) is 18.5. The van der Waals surface area contributed by atoms with Gasteiger partial charge in [-0.15, -0.1) is 0 Å². The van der Waals surface area contributed by atoms with Crippen molar-refractivity contribution in [1.82, 2.24) is 19.7 Å². The normalized spacial score (nSPS) is 25.8. The molecule has 0 aromatic carbocycles. The van der Waals surface area contributed by atoms with Gasteiger partial charge in [0.15, 0.2) is 5.65 Å². The minimum Gasteiger partial charge on any atom is -0.335 e. The molecule has 2 aliphatic carbocycles. The second-order valence-electron chi connectivity index (χ2n) is 9.04. The van der Waals surface area contributed by atoms with Gasteiger partial charge in [0.1, 0.15) is 0 Å². The van der Waals surface area contributed by atoms with E-state index < -0.39 is 0 Å². The van der Waals surface area contributed by atoms with Gasteiger partial charge < -0.3 is 4.90 Å². The van der Waals surface area contributed by atoms with E-state index in [4.69, 9.17) is 4.98 Å². The highest BCUT2D eigenvalue weighted by Gasteiger charge is 2.37. The molecule has 0 N–H and O–H groups in total. The van der Waals surface area contributed by atoms with Crippen molar-refractivity contribution < 1.29 is 4.79 Å². The number of hydrogen-bond acceptors (Lipinski definition) is 3. The van der Waals surface area contributed by atoms with Crippen LogP contribution < -0.4 is 0 Å². The Kier molecular flexibility index (Phi) is 4.21. The summed E-state index contributed by atoms with van der Waals surface area (Å²) < 4.78 is 1.97. The van der Waals surface area contributed by atoms with Crippen molar-refractivity contribution in [3.8, 4) is 0 Å². The molecule has 5 heteroatoms. The number of nitrogens with zero attached hydrogens (tertiary/aromatic N) is 4. The molecule has 5 nitrogen and oxygen atoms in total. The van der Waals surface area contributed by atoms with E-state index in [0.717, 1.165) is 35.3 Å². The van der Waals surface area contributed by atoms with Crippen LogP contribution in [0.15, 0.2) is 12.3 Å². The van der Waals surface area contributed by atoms with Gasteiger partial charge in [0.25, 0.3) is 5.91 Å². The number of carbonyl (C=O) groups excluding carboxylic acids is 1. The number of carbonyl (C=O) groups is 1. The van der Waals surface area contributed by atoms with Crippen LogP contribution in [-0.2, 0) is 0 Å². The van der Waals surface area contributed by atoms with Crippen molar-refractivity contribution in [2.45, 2.75) is 83.2 Å². The number of piperidine rings is 1. The Hall–Kier alpha value is -1.91. The quantitative estimate of drug-likeness (QED) is 0.792. The lowest BCUT2D eigenvalue weighted by Crippen LogP contribution is -2.49. The zero-order valence-electron chi connectivity index (χ0n) is 16.5. The number of pyridine rings is 1. The van der Waals surface area contributed by atoms with E-state index in [2.05, 4.69) is 29.9 Å². The summed E-state index contributed by atoms with van der Waals surface area (Å²) in [4.78, 5) is 20.8. The van der Waals surface area contributed by atoms with Crippen molar-refractivity contribution in [3.63, 3.8) is 0 Å². The lowest BCUT2D eigenvalue weighted by atomic mass is 9.78. The average Bonchev–Trinajstić information content (AvgIpc) is 3.45. The smallest absolute Gasteiger partial charge is 0.254 e. The van der Waals surface area contributed by atoms with Crippen LogP contribution in [0.4, 0.5) is 0 Å². The molecule has 1 amide bonds. The molecule has 144 valence electrons. The number of fused-ring (bicyclic) bond motifs is 2. The monoisotopic (exact) mass is 366 g/mol. The Bertz CT molecular complexity index is 865.